The van der Waals surface area contributed by atoms with E-state index < -0.39 is 41.4 Å². The number of nitrogens with two attached hydrogens (primary N) is 1. The largest absolute Gasteiger partial charge is 0.481 e. The number of hydrogen-bond acceptors (Lipinski definition) is 5. The highest BCUT2D eigenvalue weighted by Crippen LogP contribution is 2.29. The summed E-state index contributed by atoms with van der Waals surface area (Å²) in [5, 5.41) is 0. The highest BCUT2D eigenvalue weighted by Gasteiger charge is 2.27. The van der Waals surface area contributed by atoms with Gasteiger partial charge in [0.05, 0.1) is 18.1 Å². The topological polar surface area (TPSA) is 73.1 Å². The fraction of sp³-hybridized carbons (Fsp3) is 0.0909. The normalized spacial score (nSPS) is 10.6. The molecule has 0 radical (unpaired) electrons. The fourth-order valence-corrected chi connectivity index (χ4v) is 1.36. The number of benzene rings is 1. The number of aromatic nitrogens is 2. The molecule has 5 nitrogen and oxygen atoms in total. The molecular formula is C11H7F5N4O. The second-order valence-electron chi connectivity index (χ2n) is 3.73. The van der Waals surface area contributed by atoms with Crippen LogP contribution in [0.2, 0.25) is 0 Å². The molecule has 1 aromatic carbocycles. The summed E-state index contributed by atoms with van der Waals surface area (Å²) in [5.41, 5.74) is 2.29. The van der Waals surface area contributed by atoms with E-state index in [2.05, 4.69) is 20.1 Å². The van der Waals surface area contributed by atoms with Gasteiger partial charge in [0.1, 0.15) is 6.61 Å². The summed E-state index contributed by atoms with van der Waals surface area (Å²) in [5.74, 6) is -6.65. The van der Waals surface area contributed by atoms with Crippen LogP contribution in [0.5, 0.6) is 5.75 Å². The number of anilines is 1. The summed E-state index contributed by atoms with van der Waals surface area (Å²) in [6.07, 6.45) is 2.35. The minimum absolute atomic E-state index is 0.0953. The Morgan fingerprint density at radius 3 is 1.95 bits per heavy atom. The fourth-order valence-electron chi connectivity index (χ4n) is 1.36. The molecule has 10 heteroatoms. The molecule has 112 valence electrons. The van der Waals surface area contributed by atoms with E-state index in [9.17, 15) is 22.0 Å². The zero-order chi connectivity index (χ0) is 15.6. The summed E-state index contributed by atoms with van der Waals surface area (Å²) in [7, 11) is 0. The van der Waals surface area contributed by atoms with Crippen molar-refractivity contribution in [1.29, 1.82) is 0 Å². The van der Waals surface area contributed by atoms with Gasteiger partial charge in [0, 0.05) is 0 Å². The Hall–Kier alpha value is -2.49. The van der Waals surface area contributed by atoms with Crippen molar-refractivity contribution >= 4 is 5.82 Å². The van der Waals surface area contributed by atoms with Gasteiger partial charge in [-0.05, 0) is 0 Å². The van der Waals surface area contributed by atoms with Gasteiger partial charge in [-0.25, -0.2) is 24.0 Å². The Labute approximate surface area is 114 Å². The van der Waals surface area contributed by atoms with Crippen LogP contribution in [-0.2, 0) is 6.61 Å². The van der Waals surface area contributed by atoms with Crippen molar-refractivity contribution in [2.45, 2.75) is 6.61 Å². The van der Waals surface area contributed by atoms with E-state index in [1.165, 1.54) is 6.20 Å². The number of nitrogens with zero attached hydrogens (tertiary/aromatic N) is 2. The predicted molar refractivity (Wildman–Crippen MR) is 60.4 cm³/mol. The van der Waals surface area contributed by atoms with Gasteiger partial charge >= 0.3 is 0 Å². The summed E-state index contributed by atoms with van der Waals surface area (Å²) in [6.45, 7) is -0.545. The first-order valence-corrected chi connectivity index (χ1v) is 5.37. The zero-order valence-electron chi connectivity index (χ0n) is 10.1. The highest BCUT2D eigenvalue weighted by atomic mass is 19.2. The molecular weight excluding hydrogens is 299 g/mol. The Morgan fingerprint density at radius 1 is 0.905 bits per heavy atom. The van der Waals surface area contributed by atoms with Crippen LogP contribution in [0, 0.1) is 29.1 Å². The third-order valence-corrected chi connectivity index (χ3v) is 2.39. The molecule has 0 spiro atoms. The molecule has 0 aliphatic heterocycles. The maximum atomic E-state index is 13.3. The van der Waals surface area contributed by atoms with Gasteiger partial charge in [-0.3, -0.25) is 4.98 Å². The summed E-state index contributed by atoms with van der Waals surface area (Å²) in [4.78, 5) is 7.48. The average Bonchev–Trinajstić information content (AvgIpc) is 2.51. The van der Waals surface area contributed by atoms with Crippen molar-refractivity contribution < 1.29 is 26.7 Å². The quantitative estimate of drug-likeness (QED) is 0.297. The van der Waals surface area contributed by atoms with Crippen molar-refractivity contribution in [3.8, 4) is 5.75 Å². The van der Waals surface area contributed by atoms with Crippen LogP contribution in [0.4, 0.5) is 27.8 Å². The van der Waals surface area contributed by atoms with E-state index in [0.717, 1.165) is 6.20 Å². The van der Waals surface area contributed by atoms with Crippen LogP contribution >= 0.6 is 0 Å². The summed E-state index contributed by atoms with van der Waals surface area (Å²) < 4.78 is 69.9. The van der Waals surface area contributed by atoms with Crippen molar-refractivity contribution in [1.82, 2.24) is 9.97 Å². The molecule has 0 fully saturated rings. The SMILES string of the molecule is NNc1cnc(COc2c(F)c(F)c(F)c(F)c2F)cn1. The smallest absolute Gasteiger partial charge is 0.207 e. The lowest BCUT2D eigenvalue weighted by molar-refractivity contribution is 0.250. The Morgan fingerprint density at radius 2 is 1.48 bits per heavy atom. The Bertz CT molecular complexity index is 636. The van der Waals surface area contributed by atoms with Crippen molar-refractivity contribution in [3.05, 3.63) is 47.2 Å². The third-order valence-electron chi connectivity index (χ3n) is 2.39. The second-order valence-corrected chi connectivity index (χ2v) is 3.73. The van der Waals surface area contributed by atoms with E-state index in [1.807, 2.05) is 0 Å². The number of hydrogen-bond donors (Lipinski definition) is 2. The van der Waals surface area contributed by atoms with Gasteiger partial charge in [-0.2, -0.15) is 8.78 Å². The minimum atomic E-state index is -2.25. The number of nitrogens with one attached hydrogen (secondary N) is 1. The van der Waals surface area contributed by atoms with E-state index in [0.29, 0.717) is 0 Å². The van der Waals surface area contributed by atoms with Gasteiger partial charge in [0.2, 0.25) is 29.1 Å². The lowest BCUT2D eigenvalue weighted by atomic mass is 10.2. The van der Waals surface area contributed by atoms with Gasteiger partial charge in [-0.1, -0.05) is 0 Å². The maximum absolute atomic E-state index is 13.3. The number of ether oxygens (including phenoxy) is 1. The standard InChI is InChI=1S/C11H7F5N4O/c12-6-7(13)9(15)11(10(16)8(6)14)21-3-4-1-19-5(20-17)2-18-4/h1-2H,3,17H2,(H,19,20). The summed E-state index contributed by atoms with van der Waals surface area (Å²) >= 11 is 0. The van der Waals surface area contributed by atoms with Crippen molar-refractivity contribution in [2.75, 3.05) is 5.43 Å². The molecule has 0 unspecified atom stereocenters. The van der Waals surface area contributed by atoms with Gasteiger partial charge in [-0.15, -0.1) is 0 Å². The third kappa shape index (κ3) is 2.84. The molecule has 0 saturated heterocycles. The van der Waals surface area contributed by atoms with Gasteiger partial charge < -0.3 is 10.2 Å². The molecule has 2 aromatic rings. The van der Waals surface area contributed by atoms with Crippen LogP contribution in [0.3, 0.4) is 0 Å². The molecule has 0 atom stereocenters. The van der Waals surface area contributed by atoms with Gasteiger partial charge in [0.25, 0.3) is 0 Å². The first-order chi connectivity index (χ1) is 9.95. The van der Waals surface area contributed by atoms with Crippen LogP contribution in [0.15, 0.2) is 12.4 Å². The molecule has 21 heavy (non-hydrogen) atoms. The minimum Gasteiger partial charge on any atom is -0.481 e. The lowest BCUT2D eigenvalue weighted by Crippen LogP contribution is -2.10. The van der Waals surface area contributed by atoms with Crippen LogP contribution in [-0.4, -0.2) is 9.97 Å². The van der Waals surface area contributed by atoms with Crippen LogP contribution < -0.4 is 16.0 Å². The first kappa shape index (κ1) is 14.9. The molecule has 1 aromatic heterocycles. The lowest BCUT2D eigenvalue weighted by Gasteiger charge is -2.10. The van der Waals surface area contributed by atoms with E-state index >= 15 is 0 Å². The Balaban J connectivity index is 2.23. The molecule has 0 bridgehead atoms. The highest BCUT2D eigenvalue weighted by molar-refractivity contribution is 5.31. The van der Waals surface area contributed by atoms with E-state index in [-0.39, 0.29) is 11.5 Å². The molecule has 3 N–H and O–H groups in total. The van der Waals surface area contributed by atoms with Crippen molar-refractivity contribution in [2.24, 2.45) is 5.84 Å². The zero-order valence-corrected chi connectivity index (χ0v) is 10.1. The molecule has 0 aliphatic rings. The predicted octanol–water partition coefficient (Wildman–Crippen LogP) is 2.04. The average molecular weight is 306 g/mol. The van der Waals surface area contributed by atoms with Gasteiger partial charge in [0.15, 0.2) is 11.6 Å². The summed E-state index contributed by atoms with van der Waals surface area (Å²) in [6, 6.07) is 0. The number of hydrazine groups is 1. The Kier molecular flexibility index (Phi) is 4.17. The number of rotatable bonds is 4. The molecule has 0 aliphatic carbocycles. The second kappa shape index (κ2) is 5.87. The molecule has 2 rings (SSSR count). The number of halogens is 5. The van der Waals surface area contributed by atoms with E-state index in [1.54, 1.807) is 0 Å². The first-order valence-electron chi connectivity index (χ1n) is 5.37. The maximum Gasteiger partial charge on any atom is 0.207 e. The monoisotopic (exact) mass is 306 g/mol. The van der Waals surface area contributed by atoms with Crippen molar-refractivity contribution in [3.63, 3.8) is 0 Å². The van der Waals surface area contributed by atoms with E-state index in [4.69, 9.17) is 5.84 Å². The molecule has 0 saturated carbocycles. The van der Waals surface area contributed by atoms with Crippen LogP contribution in [0.1, 0.15) is 5.69 Å². The molecule has 0 amide bonds. The van der Waals surface area contributed by atoms with Crippen LogP contribution in [0.25, 0.3) is 0 Å². The molecule has 1 heterocycles. The number of nitrogen functional groups attached to an aromatic ring is 1.